The van der Waals surface area contributed by atoms with Crippen molar-refractivity contribution in [3.05, 3.63) is 82.9 Å². The number of ketones is 1. The second kappa shape index (κ2) is 7.85. The van der Waals surface area contributed by atoms with Gasteiger partial charge in [-0.05, 0) is 35.9 Å². The summed E-state index contributed by atoms with van der Waals surface area (Å²) in [5, 5.41) is 0. The number of allylic oxidation sites excluding steroid dienone is 1. The van der Waals surface area contributed by atoms with Gasteiger partial charge in [0.15, 0.2) is 5.76 Å². The minimum Gasteiger partial charge on any atom is -0.497 e. The number of esters is 1. The lowest BCUT2D eigenvalue weighted by atomic mass is 9.84. The van der Waals surface area contributed by atoms with E-state index in [0.717, 1.165) is 11.1 Å². The minimum atomic E-state index is -0.410. The molecule has 7 nitrogen and oxygen atoms in total. The Balaban J connectivity index is 1.64. The van der Waals surface area contributed by atoms with E-state index in [4.69, 9.17) is 18.9 Å². The SMILES string of the molecule is COc1ccc(C2CC(=O)Oc3ccc4c(c32)O/C(=C\c2cccnc2)C4=O)c(OC)c1. The van der Waals surface area contributed by atoms with Crippen LogP contribution in [0.4, 0.5) is 0 Å². The quantitative estimate of drug-likeness (QED) is 0.350. The van der Waals surface area contributed by atoms with Gasteiger partial charge in [0, 0.05) is 35.5 Å². The van der Waals surface area contributed by atoms with Gasteiger partial charge in [0.05, 0.1) is 26.2 Å². The normalized spacial score (nSPS) is 17.9. The van der Waals surface area contributed by atoms with Crippen molar-refractivity contribution in [3.63, 3.8) is 0 Å². The van der Waals surface area contributed by atoms with Crippen molar-refractivity contribution in [1.29, 1.82) is 0 Å². The van der Waals surface area contributed by atoms with E-state index in [9.17, 15) is 9.59 Å². The number of methoxy groups -OCH3 is 2. The second-order valence-corrected chi connectivity index (χ2v) is 7.42. The summed E-state index contributed by atoms with van der Waals surface area (Å²) >= 11 is 0. The lowest BCUT2D eigenvalue weighted by Crippen LogP contribution is -2.22. The third kappa shape index (κ3) is 3.28. The summed E-state index contributed by atoms with van der Waals surface area (Å²) in [5.41, 5.74) is 2.60. The number of carbonyl (C=O) groups is 2. The van der Waals surface area contributed by atoms with Crippen LogP contribution in [0.2, 0.25) is 0 Å². The van der Waals surface area contributed by atoms with Crippen molar-refractivity contribution in [3.8, 4) is 23.0 Å². The predicted molar refractivity (Wildman–Crippen MR) is 115 cm³/mol. The zero-order valence-corrected chi connectivity index (χ0v) is 17.5. The molecule has 5 rings (SSSR count). The van der Waals surface area contributed by atoms with Crippen molar-refractivity contribution >= 4 is 17.8 Å². The summed E-state index contributed by atoms with van der Waals surface area (Å²) in [7, 11) is 3.13. The van der Waals surface area contributed by atoms with Crippen LogP contribution in [0.5, 0.6) is 23.0 Å². The standard InChI is InChI=1S/C25H19NO6/c1-29-15-5-6-16(20(11-15)30-2)18-12-22(27)31-19-8-7-17-24(28)21(32-25(17)23(18)19)10-14-4-3-9-26-13-14/h3-11,13,18H,12H2,1-2H3/b21-10-. The fourth-order valence-corrected chi connectivity index (χ4v) is 4.09. The Morgan fingerprint density at radius 3 is 2.69 bits per heavy atom. The molecule has 0 aliphatic carbocycles. The molecule has 3 aromatic rings. The molecule has 0 radical (unpaired) electrons. The number of Topliss-reactive ketones (excluding diaryl/α,β-unsaturated/α-hetero) is 1. The summed E-state index contributed by atoms with van der Waals surface area (Å²) in [6.07, 6.45) is 5.05. The third-order valence-electron chi connectivity index (χ3n) is 5.58. The van der Waals surface area contributed by atoms with Gasteiger partial charge >= 0.3 is 5.97 Å². The van der Waals surface area contributed by atoms with E-state index < -0.39 is 5.92 Å². The van der Waals surface area contributed by atoms with Gasteiger partial charge in [-0.25, -0.2) is 0 Å². The fraction of sp³-hybridized carbons (Fsp3) is 0.160. The van der Waals surface area contributed by atoms with E-state index in [1.807, 2.05) is 12.1 Å². The highest BCUT2D eigenvalue weighted by Gasteiger charge is 2.39. The zero-order valence-electron chi connectivity index (χ0n) is 17.5. The third-order valence-corrected chi connectivity index (χ3v) is 5.58. The number of aromatic nitrogens is 1. The van der Waals surface area contributed by atoms with Crippen LogP contribution in [-0.4, -0.2) is 31.0 Å². The van der Waals surface area contributed by atoms with E-state index in [2.05, 4.69) is 4.98 Å². The molecular formula is C25H19NO6. The zero-order chi connectivity index (χ0) is 22.2. The van der Waals surface area contributed by atoms with Crippen molar-refractivity contribution in [2.24, 2.45) is 0 Å². The number of pyridine rings is 1. The first-order valence-corrected chi connectivity index (χ1v) is 10.0. The average Bonchev–Trinajstić information content (AvgIpc) is 3.13. The molecular weight excluding hydrogens is 410 g/mol. The van der Waals surface area contributed by atoms with Gasteiger partial charge in [0.25, 0.3) is 0 Å². The van der Waals surface area contributed by atoms with Crippen molar-refractivity contribution < 1.29 is 28.5 Å². The number of rotatable bonds is 4. The highest BCUT2D eigenvalue weighted by molar-refractivity contribution is 6.15. The van der Waals surface area contributed by atoms with Gasteiger partial charge in [0.2, 0.25) is 5.78 Å². The molecule has 3 heterocycles. The first-order chi connectivity index (χ1) is 15.6. The number of fused-ring (bicyclic) bond motifs is 3. The molecule has 0 saturated carbocycles. The molecule has 2 aliphatic heterocycles. The van der Waals surface area contributed by atoms with Crippen LogP contribution in [0, 0.1) is 0 Å². The van der Waals surface area contributed by atoms with E-state index in [0.29, 0.717) is 34.1 Å². The van der Waals surface area contributed by atoms with E-state index in [1.165, 1.54) is 0 Å². The van der Waals surface area contributed by atoms with Crippen molar-refractivity contribution in [1.82, 2.24) is 4.98 Å². The maximum atomic E-state index is 13.0. The molecule has 32 heavy (non-hydrogen) atoms. The van der Waals surface area contributed by atoms with Gasteiger partial charge in [-0.15, -0.1) is 0 Å². The van der Waals surface area contributed by atoms with E-state index in [-0.39, 0.29) is 23.9 Å². The fourth-order valence-electron chi connectivity index (χ4n) is 4.09. The number of benzene rings is 2. The Morgan fingerprint density at radius 2 is 1.94 bits per heavy atom. The van der Waals surface area contributed by atoms with Crippen LogP contribution in [0.25, 0.3) is 6.08 Å². The molecule has 160 valence electrons. The van der Waals surface area contributed by atoms with Gasteiger partial charge in [0.1, 0.15) is 23.0 Å². The maximum absolute atomic E-state index is 13.0. The number of carbonyl (C=O) groups excluding carboxylic acids is 2. The molecule has 1 atom stereocenters. The molecule has 0 amide bonds. The van der Waals surface area contributed by atoms with Gasteiger partial charge in [-0.2, -0.15) is 0 Å². The largest absolute Gasteiger partial charge is 0.497 e. The van der Waals surface area contributed by atoms with E-state index >= 15 is 0 Å². The van der Waals surface area contributed by atoms with Crippen molar-refractivity contribution in [2.45, 2.75) is 12.3 Å². The molecule has 2 aromatic carbocycles. The Bertz CT molecular complexity index is 1260. The molecule has 1 unspecified atom stereocenters. The Morgan fingerprint density at radius 1 is 1.06 bits per heavy atom. The highest BCUT2D eigenvalue weighted by atomic mass is 16.5. The average molecular weight is 429 g/mol. The van der Waals surface area contributed by atoms with Crippen LogP contribution >= 0.6 is 0 Å². The first kappa shape index (κ1) is 19.8. The lowest BCUT2D eigenvalue weighted by Gasteiger charge is -2.27. The predicted octanol–water partition coefficient (Wildman–Crippen LogP) is 4.16. The summed E-state index contributed by atoms with van der Waals surface area (Å²) < 4.78 is 22.4. The molecule has 0 saturated heterocycles. The summed E-state index contributed by atoms with van der Waals surface area (Å²) in [6.45, 7) is 0. The molecule has 0 spiro atoms. The molecule has 1 aromatic heterocycles. The Labute approximate surface area is 184 Å². The molecule has 0 bridgehead atoms. The topological polar surface area (TPSA) is 84.0 Å². The minimum absolute atomic E-state index is 0.0886. The van der Waals surface area contributed by atoms with Crippen LogP contribution in [-0.2, 0) is 4.79 Å². The van der Waals surface area contributed by atoms with Crippen LogP contribution in [0.15, 0.2) is 60.6 Å². The first-order valence-electron chi connectivity index (χ1n) is 10.0. The molecule has 7 heteroatoms. The number of hydrogen-bond donors (Lipinski definition) is 0. The van der Waals surface area contributed by atoms with E-state index in [1.54, 1.807) is 63.0 Å². The Hall–Kier alpha value is -4.13. The van der Waals surface area contributed by atoms with Crippen LogP contribution in [0.1, 0.15) is 39.4 Å². The lowest BCUT2D eigenvalue weighted by molar-refractivity contribution is -0.135. The Kier molecular flexibility index (Phi) is 4.86. The number of nitrogens with zero attached hydrogens (tertiary/aromatic N) is 1. The second-order valence-electron chi connectivity index (χ2n) is 7.42. The summed E-state index contributed by atoms with van der Waals surface area (Å²) in [4.78, 5) is 29.5. The summed E-state index contributed by atoms with van der Waals surface area (Å²) in [6, 6.07) is 12.3. The number of hydrogen-bond acceptors (Lipinski definition) is 7. The maximum Gasteiger partial charge on any atom is 0.312 e. The molecule has 0 fully saturated rings. The summed E-state index contributed by atoms with van der Waals surface area (Å²) in [5.74, 6) is 1.17. The number of ether oxygens (including phenoxy) is 4. The van der Waals surface area contributed by atoms with Crippen LogP contribution in [0.3, 0.4) is 0 Å². The molecule has 2 aliphatic rings. The van der Waals surface area contributed by atoms with Gasteiger partial charge in [-0.1, -0.05) is 12.1 Å². The molecule has 0 N–H and O–H groups in total. The van der Waals surface area contributed by atoms with Gasteiger partial charge in [-0.3, -0.25) is 14.6 Å². The highest BCUT2D eigenvalue weighted by Crippen LogP contribution is 2.50. The van der Waals surface area contributed by atoms with Gasteiger partial charge < -0.3 is 18.9 Å². The van der Waals surface area contributed by atoms with Crippen molar-refractivity contribution in [2.75, 3.05) is 14.2 Å². The monoisotopic (exact) mass is 429 g/mol. The van der Waals surface area contributed by atoms with Crippen LogP contribution < -0.4 is 18.9 Å². The smallest absolute Gasteiger partial charge is 0.312 e.